The number of nitro benzene ring substituents is 1. The molecule has 8 heteroatoms. The van der Waals surface area contributed by atoms with E-state index in [0.29, 0.717) is 30.7 Å². The van der Waals surface area contributed by atoms with Gasteiger partial charge in [0.2, 0.25) is 0 Å². The molecule has 6 nitrogen and oxygen atoms in total. The Bertz CT molecular complexity index is 597. The standard InChI is InChI=1S/C14H16ClN3O3.ClH/c15-13-7-11(18(20)21)3-4-12(13)14(19)17-6-5-9-1-2-10(8-17)16-9;/h3-4,7,9-10,16H,1-2,5-6,8H2;1H. The van der Waals surface area contributed by atoms with Crippen molar-refractivity contribution in [2.45, 2.75) is 31.3 Å². The van der Waals surface area contributed by atoms with Gasteiger partial charge in [0.15, 0.2) is 0 Å². The number of nitro groups is 1. The Kier molecular flexibility index (Phi) is 5.26. The highest BCUT2D eigenvalue weighted by Crippen LogP contribution is 2.26. The number of non-ortho nitro benzene ring substituents is 1. The van der Waals surface area contributed by atoms with Crippen molar-refractivity contribution in [3.05, 3.63) is 38.9 Å². The Morgan fingerprint density at radius 1 is 1.32 bits per heavy atom. The summed E-state index contributed by atoms with van der Waals surface area (Å²) in [5.41, 5.74) is 0.230. The molecule has 2 atom stereocenters. The molecule has 22 heavy (non-hydrogen) atoms. The molecule has 1 amide bonds. The second kappa shape index (κ2) is 6.81. The predicted octanol–water partition coefficient (Wildman–Crippen LogP) is 2.64. The number of nitrogens with zero attached hydrogens (tertiary/aromatic N) is 2. The first kappa shape index (κ1) is 17.0. The van der Waals surface area contributed by atoms with E-state index in [1.807, 2.05) is 0 Å². The largest absolute Gasteiger partial charge is 0.337 e. The summed E-state index contributed by atoms with van der Waals surface area (Å²) in [6, 6.07) is 4.84. The maximum Gasteiger partial charge on any atom is 0.270 e. The van der Waals surface area contributed by atoms with Gasteiger partial charge in [0.05, 0.1) is 15.5 Å². The molecular weight excluding hydrogens is 329 g/mol. The van der Waals surface area contributed by atoms with Crippen LogP contribution in [-0.4, -0.2) is 40.9 Å². The van der Waals surface area contributed by atoms with Crippen LogP contribution >= 0.6 is 24.0 Å². The van der Waals surface area contributed by atoms with Crippen LogP contribution in [-0.2, 0) is 0 Å². The van der Waals surface area contributed by atoms with Crippen LogP contribution in [0.4, 0.5) is 5.69 Å². The van der Waals surface area contributed by atoms with Crippen LogP contribution in [0.1, 0.15) is 29.6 Å². The van der Waals surface area contributed by atoms with Crippen LogP contribution in [0, 0.1) is 10.1 Å². The zero-order chi connectivity index (χ0) is 15.0. The maximum absolute atomic E-state index is 12.6. The van der Waals surface area contributed by atoms with E-state index in [2.05, 4.69) is 5.32 Å². The lowest BCUT2D eigenvalue weighted by atomic mass is 10.1. The Morgan fingerprint density at radius 3 is 2.73 bits per heavy atom. The highest BCUT2D eigenvalue weighted by Gasteiger charge is 2.32. The zero-order valence-corrected chi connectivity index (χ0v) is 13.4. The van der Waals surface area contributed by atoms with Gasteiger partial charge in [-0.2, -0.15) is 0 Å². The summed E-state index contributed by atoms with van der Waals surface area (Å²) < 4.78 is 0. The minimum Gasteiger partial charge on any atom is -0.337 e. The summed E-state index contributed by atoms with van der Waals surface area (Å²) in [6.07, 6.45) is 3.19. The van der Waals surface area contributed by atoms with E-state index in [9.17, 15) is 14.9 Å². The lowest BCUT2D eigenvalue weighted by Crippen LogP contribution is -2.39. The van der Waals surface area contributed by atoms with Crippen LogP contribution in [0.5, 0.6) is 0 Å². The summed E-state index contributed by atoms with van der Waals surface area (Å²) >= 11 is 6.04. The van der Waals surface area contributed by atoms with Gasteiger partial charge in [-0.25, -0.2) is 0 Å². The predicted molar refractivity (Wildman–Crippen MR) is 85.8 cm³/mol. The molecule has 1 aromatic rings. The van der Waals surface area contributed by atoms with E-state index in [4.69, 9.17) is 11.6 Å². The number of fused-ring (bicyclic) bond motifs is 2. The van der Waals surface area contributed by atoms with E-state index in [0.717, 1.165) is 12.8 Å². The Hall–Kier alpha value is -1.37. The minimum atomic E-state index is -0.519. The van der Waals surface area contributed by atoms with Crippen molar-refractivity contribution in [1.29, 1.82) is 0 Å². The van der Waals surface area contributed by atoms with Gasteiger partial charge >= 0.3 is 0 Å². The van der Waals surface area contributed by atoms with Crippen LogP contribution in [0.2, 0.25) is 5.02 Å². The fourth-order valence-electron chi connectivity index (χ4n) is 3.09. The fourth-order valence-corrected chi connectivity index (χ4v) is 3.34. The van der Waals surface area contributed by atoms with Gasteiger partial charge in [-0.15, -0.1) is 12.4 Å². The van der Waals surface area contributed by atoms with Crippen LogP contribution < -0.4 is 5.32 Å². The second-order valence-electron chi connectivity index (χ2n) is 5.60. The van der Waals surface area contributed by atoms with Crippen molar-refractivity contribution in [3.63, 3.8) is 0 Å². The van der Waals surface area contributed by atoms with Crippen LogP contribution in [0.25, 0.3) is 0 Å². The smallest absolute Gasteiger partial charge is 0.270 e. The number of amides is 1. The van der Waals surface area contributed by atoms with Crippen molar-refractivity contribution in [3.8, 4) is 0 Å². The summed E-state index contributed by atoms with van der Waals surface area (Å²) in [4.78, 5) is 24.6. The SMILES string of the molecule is Cl.O=C(c1ccc([N+](=O)[O-])cc1Cl)N1CCC2CCC(C1)N2. The lowest BCUT2D eigenvalue weighted by Gasteiger charge is -2.24. The molecule has 0 spiro atoms. The molecule has 3 rings (SSSR count). The van der Waals surface area contributed by atoms with Crippen molar-refractivity contribution in [2.24, 2.45) is 0 Å². The van der Waals surface area contributed by atoms with E-state index in [1.165, 1.54) is 24.6 Å². The normalized spacial score (nSPS) is 23.6. The lowest BCUT2D eigenvalue weighted by molar-refractivity contribution is -0.384. The number of nitrogens with one attached hydrogen (secondary N) is 1. The molecule has 2 aliphatic heterocycles. The van der Waals surface area contributed by atoms with E-state index in [-0.39, 0.29) is 29.0 Å². The number of rotatable bonds is 2. The maximum atomic E-state index is 12.6. The van der Waals surface area contributed by atoms with Crippen molar-refractivity contribution >= 4 is 35.6 Å². The van der Waals surface area contributed by atoms with Crippen LogP contribution in [0.3, 0.4) is 0 Å². The number of carbonyl (C=O) groups excluding carboxylic acids is 1. The third-order valence-corrected chi connectivity index (χ3v) is 4.52. The third-order valence-electron chi connectivity index (χ3n) is 4.20. The third kappa shape index (κ3) is 3.34. The monoisotopic (exact) mass is 345 g/mol. The molecule has 2 saturated heterocycles. The minimum absolute atomic E-state index is 0. The van der Waals surface area contributed by atoms with Gasteiger partial charge in [0, 0.05) is 37.3 Å². The van der Waals surface area contributed by atoms with Gasteiger partial charge in [0.25, 0.3) is 11.6 Å². The van der Waals surface area contributed by atoms with E-state index < -0.39 is 4.92 Å². The summed E-state index contributed by atoms with van der Waals surface area (Å²) in [6.45, 7) is 1.36. The van der Waals surface area contributed by atoms with E-state index >= 15 is 0 Å². The topological polar surface area (TPSA) is 75.5 Å². The number of likely N-dealkylation sites (tertiary alicyclic amines) is 1. The Balaban J connectivity index is 0.00000176. The molecule has 1 N–H and O–H groups in total. The molecule has 2 bridgehead atoms. The number of carbonyl (C=O) groups is 1. The number of benzene rings is 1. The average molecular weight is 346 g/mol. The zero-order valence-electron chi connectivity index (χ0n) is 11.8. The van der Waals surface area contributed by atoms with E-state index in [1.54, 1.807) is 4.90 Å². The Labute approximate surface area is 139 Å². The quantitative estimate of drug-likeness (QED) is 0.660. The molecule has 0 aliphatic carbocycles. The molecule has 2 fully saturated rings. The van der Waals surface area contributed by atoms with Crippen molar-refractivity contribution in [1.82, 2.24) is 10.2 Å². The molecule has 0 radical (unpaired) electrons. The number of hydrogen-bond donors (Lipinski definition) is 1. The van der Waals surface area contributed by atoms with Crippen molar-refractivity contribution < 1.29 is 9.72 Å². The highest BCUT2D eigenvalue weighted by molar-refractivity contribution is 6.34. The molecule has 0 aromatic heterocycles. The van der Waals surface area contributed by atoms with Gasteiger partial charge in [-0.05, 0) is 25.3 Å². The summed E-state index contributed by atoms with van der Waals surface area (Å²) in [5, 5.41) is 14.4. The summed E-state index contributed by atoms with van der Waals surface area (Å²) in [5.74, 6) is -0.149. The molecule has 1 aromatic carbocycles. The second-order valence-corrected chi connectivity index (χ2v) is 6.01. The van der Waals surface area contributed by atoms with Crippen molar-refractivity contribution in [2.75, 3.05) is 13.1 Å². The van der Waals surface area contributed by atoms with Gasteiger partial charge in [-0.3, -0.25) is 14.9 Å². The van der Waals surface area contributed by atoms with Gasteiger partial charge < -0.3 is 10.2 Å². The van der Waals surface area contributed by atoms with Gasteiger partial charge in [-0.1, -0.05) is 11.6 Å². The molecule has 2 unspecified atom stereocenters. The molecule has 2 aliphatic rings. The summed E-state index contributed by atoms with van der Waals surface area (Å²) in [7, 11) is 0. The molecule has 0 saturated carbocycles. The Morgan fingerprint density at radius 2 is 2.05 bits per heavy atom. The first-order chi connectivity index (χ1) is 10.0. The molecule has 2 heterocycles. The number of halogens is 2. The fraction of sp³-hybridized carbons (Fsp3) is 0.500. The average Bonchev–Trinajstić information content (AvgIpc) is 2.77. The van der Waals surface area contributed by atoms with Gasteiger partial charge in [0.1, 0.15) is 0 Å². The number of hydrogen-bond acceptors (Lipinski definition) is 4. The van der Waals surface area contributed by atoms with Crippen LogP contribution in [0.15, 0.2) is 18.2 Å². The highest BCUT2D eigenvalue weighted by atomic mass is 35.5. The molecule has 120 valence electrons. The molecular formula is C14H17Cl2N3O3. The first-order valence-electron chi connectivity index (χ1n) is 7.04. The first-order valence-corrected chi connectivity index (χ1v) is 7.41.